The quantitative estimate of drug-likeness (QED) is 0.830. The van der Waals surface area contributed by atoms with Crippen molar-refractivity contribution in [2.45, 2.75) is 12.5 Å². The zero-order valence-electron chi connectivity index (χ0n) is 13.8. The van der Waals surface area contributed by atoms with Gasteiger partial charge in [-0.05, 0) is 36.8 Å². The van der Waals surface area contributed by atoms with Gasteiger partial charge in [-0.1, -0.05) is 18.2 Å². The zero-order chi connectivity index (χ0) is 18.9. The van der Waals surface area contributed by atoms with Crippen LogP contribution in [0.2, 0.25) is 0 Å². The number of hydrogen-bond donors (Lipinski definition) is 1. The van der Waals surface area contributed by atoms with E-state index in [0.29, 0.717) is 0 Å². The van der Waals surface area contributed by atoms with Crippen LogP contribution in [0.1, 0.15) is 12.5 Å². The molecule has 136 valence electrons. The van der Waals surface area contributed by atoms with Crippen LogP contribution >= 0.6 is 0 Å². The van der Waals surface area contributed by atoms with E-state index in [-0.39, 0.29) is 24.5 Å². The van der Waals surface area contributed by atoms with E-state index in [9.17, 15) is 22.8 Å². The summed E-state index contributed by atoms with van der Waals surface area (Å²) in [6.07, 6.45) is 0. The minimum absolute atomic E-state index is 0.00271. The molecule has 1 heterocycles. The molecule has 2 aromatic rings. The number of benzene rings is 2. The number of carbonyl (C=O) groups excluding carboxylic acids is 2. The molecule has 8 heteroatoms. The molecule has 1 unspecified atom stereocenters. The van der Waals surface area contributed by atoms with Crippen LogP contribution in [0.4, 0.5) is 18.0 Å². The lowest BCUT2D eigenvalue weighted by Crippen LogP contribution is -2.41. The van der Waals surface area contributed by atoms with Gasteiger partial charge in [0.1, 0.15) is 12.1 Å². The molecule has 0 saturated carbocycles. The SMILES string of the molecule is CC1(c2ccc(F)c(F)c2)NC(=O)N(CCOc2ccccc2F)C1=O. The summed E-state index contributed by atoms with van der Waals surface area (Å²) in [4.78, 5) is 25.7. The van der Waals surface area contributed by atoms with Crippen LogP contribution in [-0.4, -0.2) is 30.0 Å². The molecule has 0 bridgehead atoms. The van der Waals surface area contributed by atoms with Crippen molar-refractivity contribution in [3.05, 3.63) is 65.5 Å². The minimum Gasteiger partial charge on any atom is -0.489 e. The second-order valence-electron chi connectivity index (χ2n) is 5.92. The van der Waals surface area contributed by atoms with E-state index in [1.807, 2.05) is 0 Å². The summed E-state index contributed by atoms with van der Waals surface area (Å²) in [7, 11) is 0. The van der Waals surface area contributed by atoms with Crippen molar-refractivity contribution >= 4 is 11.9 Å². The Morgan fingerprint density at radius 1 is 1.04 bits per heavy atom. The highest BCUT2D eigenvalue weighted by atomic mass is 19.2. The van der Waals surface area contributed by atoms with E-state index < -0.39 is 34.9 Å². The first-order valence-electron chi connectivity index (χ1n) is 7.80. The number of rotatable bonds is 5. The molecule has 1 saturated heterocycles. The highest BCUT2D eigenvalue weighted by Gasteiger charge is 2.49. The molecule has 0 aliphatic carbocycles. The predicted molar refractivity (Wildman–Crippen MR) is 85.8 cm³/mol. The van der Waals surface area contributed by atoms with E-state index in [2.05, 4.69) is 5.32 Å². The Morgan fingerprint density at radius 3 is 2.46 bits per heavy atom. The number of imide groups is 1. The Morgan fingerprint density at radius 2 is 1.77 bits per heavy atom. The highest BCUT2D eigenvalue weighted by molar-refractivity contribution is 6.07. The Labute approximate surface area is 147 Å². The number of amides is 3. The van der Waals surface area contributed by atoms with Gasteiger partial charge in [-0.3, -0.25) is 9.69 Å². The van der Waals surface area contributed by atoms with E-state index in [1.54, 1.807) is 6.07 Å². The van der Waals surface area contributed by atoms with Crippen molar-refractivity contribution in [2.75, 3.05) is 13.2 Å². The fourth-order valence-corrected chi connectivity index (χ4v) is 2.71. The van der Waals surface area contributed by atoms with Crippen LogP contribution in [0.5, 0.6) is 5.75 Å². The van der Waals surface area contributed by atoms with Crippen LogP contribution in [0.3, 0.4) is 0 Å². The summed E-state index contributed by atoms with van der Waals surface area (Å²) in [6.45, 7) is 1.16. The largest absolute Gasteiger partial charge is 0.489 e. The van der Waals surface area contributed by atoms with Crippen molar-refractivity contribution in [2.24, 2.45) is 0 Å². The van der Waals surface area contributed by atoms with Gasteiger partial charge >= 0.3 is 6.03 Å². The summed E-state index contributed by atoms with van der Waals surface area (Å²) in [5.74, 6) is -3.36. The van der Waals surface area contributed by atoms with Gasteiger partial charge in [0, 0.05) is 0 Å². The van der Waals surface area contributed by atoms with Crippen molar-refractivity contribution in [3.63, 3.8) is 0 Å². The van der Waals surface area contributed by atoms with Crippen molar-refractivity contribution < 1.29 is 27.5 Å². The average Bonchev–Trinajstić information content (AvgIpc) is 2.83. The molecule has 1 aliphatic rings. The number of carbonyl (C=O) groups is 2. The van der Waals surface area contributed by atoms with Crippen LogP contribution in [0.25, 0.3) is 0 Å². The summed E-state index contributed by atoms with van der Waals surface area (Å²) in [6, 6.07) is 8.04. The normalized spacial score (nSPS) is 19.6. The Hall–Kier alpha value is -3.03. The maximum Gasteiger partial charge on any atom is 0.325 e. The molecule has 1 fully saturated rings. The third kappa shape index (κ3) is 3.10. The molecule has 5 nitrogen and oxygen atoms in total. The van der Waals surface area contributed by atoms with E-state index in [0.717, 1.165) is 17.0 Å². The van der Waals surface area contributed by atoms with Crippen LogP contribution in [0.15, 0.2) is 42.5 Å². The molecular weight excluding hydrogens is 349 g/mol. The lowest BCUT2D eigenvalue weighted by atomic mass is 9.92. The first kappa shape index (κ1) is 17.8. The molecule has 3 rings (SSSR count). The lowest BCUT2D eigenvalue weighted by Gasteiger charge is -2.22. The van der Waals surface area contributed by atoms with Crippen molar-refractivity contribution in [1.82, 2.24) is 10.2 Å². The number of nitrogens with zero attached hydrogens (tertiary/aromatic N) is 1. The van der Waals surface area contributed by atoms with Crippen LogP contribution in [-0.2, 0) is 10.3 Å². The van der Waals surface area contributed by atoms with Gasteiger partial charge in [0.25, 0.3) is 5.91 Å². The number of urea groups is 1. The molecule has 0 spiro atoms. The second kappa shape index (κ2) is 6.70. The van der Waals surface area contributed by atoms with Gasteiger partial charge in [-0.25, -0.2) is 18.0 Å². The van der Waals surface area contributed by atoms with Gasteiger partial charge in [0.15, 0.2) is 23.2 Å². The van der Waals surface area contributed by atoms with Crippen molar-refractivity contribution in [1.29, 1.82) is 0 Å². The van der Waals surface area contributed by atoms with Gasteiger partial charge in [-0.2, -0.15) is 0 Å². The number of halogens is 3. The molecule has 1 atom stereocenters. The fraction of sp³-hybridized carbons (Fsp3) is 0.222. The Kier molecular flexibility index (Phi) is 4.58. The van der Waals surface area contributed by atoms with Gasteiger partial charge in [-0.15, -0.1) is 0 Å². The zero-order valence-corrected chi connectivity index (χ0v) is 13.8. The minimum atomic E-state index is -1.52. The topological polar surface area (TPSA) is 58.6 Å². The summed E-state index contributed by atoms with van der Waals surface area (Å²) < 4.78 is 45.4. The first-order valence-corrected chi connectivity index (χ1v) is 7.80. The van der Waals surface area contributed by atoms with Gasteiger partial charge < -0.3 is 10.1 Å². The van der Waals surface area contributed by atoms with E-state index in [4.69, 9.17) is 4.74 Å². The third-order valence-corrected chi connectivity index (χ3v) is 4.18. The molecule has 2 aromatic carbocycles. The molecular formula is C18H15F3N2O3. The van der Waals surface area contributed by atoms with Gasteiger partial charge in [0.2, 0.25) is 0 Å². The smallest absolute Gasteiger partial charge is 0.325 e. The average molecular weight is 364 g/mol. The molecule has 1 N–H and O–H groups in total. The summed E-state index contributed by atoms with van der Waals surface area (Å²) in [5, 5.41) is 2.47. The van der Waals surface area contributed by atoms with Gasteiger partial charge in [0.05, 0.1) is 6.54 Å². The van der Waals surface area contributed by atoms with Crippen LogP contribution < -0.4 is 10.1 Å². The maximum atomic E-state index is 13.5. The summed E-state index contributed by atoms with van der Waals surface area (Å²) in [5.41, 5.74) is -1.41. The highest BCUT2D eigenvalue weighted by Crippen LogP contribution is 2.29. The fourth-order valence-electron chi connectivity index (χ4n) is 2.71. The number of ether oxygens (including phenoxy) is 1. The molecule has 0 aromatic heterocycles. The van der Waals surface area contributed by atoms with E-state index >= 15 is 0 Å². The molecule has 0 radical (unpaired) electrons. The molecule has 1 aliphatic heterocycles. The number of hydrogen-bond acceptors (Lipinski definition) is 3. The number of para-hydroxylation sites is 1. The van der Waals surface area contributed by atoms with Crippen molar-refractivity contribution in [3.8, 4) is 5.75 Å². The number of nitrogens with one attached hydrogen (secondary N) is 1. The Balaban J connectivity index is 1.72. The van der Waals surface area contributed by atoms with E-state index in [1.165, 1.54) is 31.2 Å². The Bertz CT molecular complexity index is 875. The summed E-state index contributed by atoms with van der Waals surface area (Å²) >= 11 is 0. The molecule has 3 amide bonds. The standard InChI is InChI=1S/C18H15F3N2O3/c1-18(11-6-7-12(19)14(21)10-11)16(24)23(17(25)22-18)8-9-26-15-5-3-2-4-13(15)20/h2-7,10H,8-9H2,1H3,(H,22,25). The van der Waals surface area contributed by atoms with Crippen LogP contribution in [0, 0.1) is 17.5 Å². The third-order valence-electron chi connectivity index (χ3n) is 4.18. The lowest BCUT2D eigenvalue weighted by molar-refractivity contribution is -0.131. The molecule has 26 heavy (non-hydrogen) atoms. The maximum absolute atomic E-state index is 13.5. The second-order valence-corrected chi connectivity index (χ2v) is 5.92. The predicted octanol–water partition coefficient (Wildman–Crippen LogP) is 2.95. The first-order chi connectivity index (χ1) is 12.3. The monoisotopic (exact) mass is 364 g/mol.